The van der Waals surface area contributed by atoms with Crippen LogP contribution in [0.5, 0.6) is 0 Å². The maximum Gasteiger partial charge on any atom is 0.256 e. The second-order valence-electron chi connectivity index (χ2n) is 6.88. The molecule has 1 amide bonds. The molecule has 0 unspecified atom stereocenters. The number of H-pyrrole nitrogens is 1. The van der Waals surface area contributed by atoms with E-state index < -0.39 is 0 Å². The Balaban J connectivity index is 1.59. The van der Waals surface area contributed by atoms with E-state index in [1.54, 1.807) is 12.1 Å². The maximum atomic E-state index is 13.0. The Labute approximate surface area is 167 Å². The van der Waals surface area contributed by atoms with Gasteiger partial charge in [-0.05, 0) is 24.1 Å². The van der Waals surface area contributed by atoms with Crippen LogP contribution in [0, 0.1) is 5.82 Å². The number of hydrogen-bond acceptors (Lipinski definition) is 5. The zero-order chi connectivity index (χ0) is 19.9. The van der Waals surface area contributed by atoms with E-state index >= 15 is 0 Å². The van der Waals surface area contributed by atoms with Crippen LogP contribution in [-0.4, -0.2) is 39.6 Å². The number of fused-ring (bicyclic) bond motifs is 1. The summed E-state index contributed by atoms with van der Waals surface area (Å²) in [7, 11) is 0. The fourth-order valence-corrected chi connectivity index (χ4v) is 3.81. The Morgan fingerprint density at radius 2 is 2.14 bits per heavy atom. The molecular weight excluding hydrogens is 379 g/mol. The van der Waals surface area contributed by atoms with E-state index in [-0.39, 0.29) is 23.0 Å². The Kier molecular flexibility index (Phi) is 7.22. The number of aromatic amines is 1. The zero-order valence-electron chi connectivity index (χ0n) is 16.0. The molecule has 150 valence electrons. The number of thioether (sulfide) groups is 1. The molecule has 6 nitrogen and oxygen atoms in total. The van der Waals surface area contributed by atoms with E-state index in [4.69, 9.17) is 0 Å². The van der Waals surface area contributed by atoms with Gasteiger partial charge in [0.2, 0.25) is 5.91 Å². The van der Waals surface area contributed by atoms with E-state index in [1.807, 2.05) is 0 Å². The fourth-order valence-electron chi connectivity index (χ4n) is 3.10. The molecule has 2 aromatic rings. The Morgan fingerprint density at radius 1 is 1.36 bits per heavy atom. The summed E-state index contributed by atoms with van der Waals surface area (Å²) >= 11 is 1.25. The minimum Gasteiger partial charge on any atom is -0.355 e. The molecule has 0 saturated heterocycles. The van der Waals surface area contributed by atoms with Crippen LogP contribution >= 0.6 is 11.8 Å². The number of benzene rings is 1. The predicted octanol–water partition coefficient (Wildman–Crippen LogP) is 2.48. The number of aromatic nitrogens is 2. The average Bonchev–Trinajstić information content (AvgIpc) is 2.69. The summed E-state index contributed by atoms with van der Waals surface area (Å²) in [5, 5.41) is 3.34. The topological polar surface area (TPSA) is 78.1 Å². The average molecular weight is 405 g/mol. The van der Waals surface area contributed by atoms with Gasteiger partial charge in [0, 0.05) is 32.6 Å². The minimum atomic E-state index is -0.252. The third-order valence-corrected chi connectivity index (χ3v) is 5.51. The smallest absolute Gasteiger partial charge is 0.256 e. The van der Waals surface area contributed by atoms with Crippen molar-refractivity contribution < 1.29 is 9.18 Å². The summed E-state index contributed by atoms with van der Waals surface area (Å²) in [4.78, 5) is 33.8. The summed E-state index contributed by atoms with van der Waals surface area (Å²) in [5.74, 6) is -0.0657. The molecule has 1 aliphatic rings. The first kappa shape index (κ1) is 20.5. The first-order valence-electron chi connectivity index (χ1n) is 9.53. The molecule has 0 radical (unpaired) electrons. The second-order valence-corrected chi connectivity index (χ2v) is 7.84. The number of nitrogens with one attached hydrogen (secondary N) is 2. The summed E-state index contributed by atoms with van der Waals surface area (Å²) < 4.78 is 13.0. The highest BCUT2D eigenvalue weighted by Gasteiger charge is 2.21. The van der Waals surface area contributed by atoms with Crippen molar-refractivity contribution in [3.63, 3.8) is 0 Å². The van der Waals surface area contributed by atoms with Gasteiger partial charge in [-0.1, -0.05) is 37.2 Å². The number of hydrogen-bond donors (Lipinski definition) is 2. The highest BCUT2D eigenvalue weighted by molar-refractivity contribution is 7.99. The lowest BCUT2D eigenvalue weighted by atomic mass is 10.1. The summed E-state index contributed by atoms with van der Waals surface area (Å²) in [6, 6.07) is 6.42. The summed E-state index contributed by atoms with van der Waals surface area (Å²) in [6.45, 7) is 4.70. The molecule has 2 N–H and O–H groups in total. The number of amides is 1. The normalized spacial score (nSPS) is 13.9. The highest BCUT2D eigenvalue weighted by Crippen LogP contribution is 2.19. The van der Waals surface area contributed by atoms with Crippen LogP contribution in [0.15, 0.2) is 34.2 Å². The first-order chi connectivity index (χ1) is 13.5. The van der Waals surface area contributed by atoms with E-state index in [1.165, 1.54) is 23.9 Å². The van der Waals surface area contributed by atoms with Crippen molar-refractivity contribution in [3.8, 4) is 0 Å². The van der Waals surface area contributed by atoms with Crippen LogP contribution in [-0.2, 0) is 24.3 Å². The van der Waals surface area contributed by atoms with Crippen LogP contribution in [0.4, 0.5) is 4.39 Å². The van der Waals surface area contributed by atoms with Gasteiger partial charge in [0.25, 0.3) is 5.56 Å². The third kappa shape index (κ3) is 5.65. The van der Waals surface area contributed by atoms with Crippen molar-refractivity contribution in [2.24, 2.45) is 0 Å². The van der Waals surface area contributed by atoms with Gasteiger partial charge in [-0.25, -0.2) is 9.37 Å². The maximum absolute atomic E-state index is 13.0. The van der Waals surface area contributed by atoms with Crippen molar-refractivity contribution in [2.45, 2.75) is 44.4 Å². The number of rotatable bonds is 8. The molecule has 3 rings (SSSR count). The number of unbranched alkanes of at least 4 members (excludes halogenated alkanes) is 1. The van der Waals surface area contributed by atoms with Crippen molar-refractivity contribution in [3.05, 3.63) is 57.3 Å². The lowest BCUT2D eigenvalue weighted by Crippen LogP contribution is -2.35. The van der Waals surface area contributed by atoms with Crippen LogP contribution in [0.3, 0.4) is 0 Å². The van der Waals surface area contributed by atoms with Crippen LogP contribution in [0.25, 0.3) is 0 Å². The number of carbonyl (C=O) groups excluding carboxylic acids is 1. The SMILES string of the molecule is CCCCNC(=O)CSc1nc2c(c(=O)[nH]1)CN(Cc1ccc(F)cc1)CC2. The van der Waals surface area contributed by atoms with Gasteiger partial charge in [-0.15, -0.1) is 0 Å². The van der Waals surface area contributed by atoms with Crippen molar-refractivity contribution in [1.82, 2.24) is 20.2 Å². The predicted molar refractivity (Wildman–Crippen MR) is 108 cm³/mol. The molecule has 0 aliphatic carbocycles. The molecule has 1 aromatic carbocycles. The van der Waals surface area contributed by atoms with Crippen LogP contribution < -0.4 is 10.9 Å². The largest absolute Gasteiger partial charge is 0.355 e. The Morgan fingerprint density at radius 3 is 2.89 bits per heavy atom. The minimum absolute atomic E-state index is 0.0516. The molecule has 0 saturated carbocycles. The van der Waals surface area contributed by atoms with E-state index in [2.05, 4.69) is 27.1 Å². The number of nitrogens with zero attached hydrogens (tertiary/aromatic N) is 2. The molecule has 0 fully saturated rings. The molecule has 0 spiro atoms. The van der Waals surface area contributed by atoms with E-state index in [9.17, 15) is 14.0 Å². The molecule has 0 bridgehead atoms. The Bertz CT molecular complexity index is 869. The molecule has 28 heavy (non-hydrogen) atoms. The van der Waals surface area contributed by atoms with Crippen molar-refractivity contribution >= 4 is 17.7 Å². The fraction of sp³-hybridized carbons (Fsp3) is 0.450. The van der Waals surface area contributed by atoms with Gasteiger partial charge in [0.1, 0.15) is 5.82 Å². The van der Waals surface area contributed by atoms with Gasteiger partial charge in [0.05, 0.1) is 17.0 Å². The van der Waals surface area contributed by atoms with Gasteiger partial charge in [0.15, 0.2) is 5.16 Å². The van der Waals surface area contributed by atoms with Crippen LogP contribution in [0.2, 0.25) is 0 Å². The molecule has 1 aromatic heterocycles. The van der Waals surface area contributed by atoms with Crippen molar-refractivity contribution in [1.29, 1.82) is 0 Å². The number of halogens is 1. The molecule has 1 aliphatic heterocycles. The van der Waals surface area contributed by atoms with Gasteiger partial charge in [-0.2, -0.15) is 0 Å². The quantitative estimate of drug-likeness (QED) is 0.402. The molecule has 2 heterocycles. The van der Waals surface area contributed by atoms with Gasteiger partial charge >= 0.3 is 0 Å². The van der Waals surface area contributed by atoms with Crippen molar-refractivity contribution in [2.75, 3.05) is 18.8 Å². The van der Waals surface area contributed by atoms with E-state index in [0.717, 1.165) is 30.6 Å². The third-order valence-electron chi connectivity index (χ3n) is 4.64. The van der Waals surface area contributed by atoms with E-state index in [0.29, 0.717) is 36.8 Å². The zero-order valence-corrected chi connectivity index (χ0v) is 16.8. The first-order valence-corrected chi connectivity index (χ1v) is 10.5. The Hall–Kier alpha value is -2.19. The molecule has 8 heteroatoms. The molecule has 0 atom stereocenters. The van der Waals surface area contributed by atoms with Gasteiger partial charge in [-0.3, -0.25) is 14.5 Å². The van der Waals surface area contributed by atoms with Gasteiger partial charge < -0.3 is 10.3 Å². The lowest BCUT2D eigenvalue weighted by Gasteiger charge is -2.27. The summed E-state index contributed by atoms with van der Waals surface area (Å²) in [6.07, 6.45) is 2.67. The summed E-state index contributed by atoms with van der Waals surface area (Å²) in [5.41, 5.74) is 2.33. The lowest BCUT2D eigenvalue weighted by molar-refractivity contribution is -0.118. The van der Waals surface area contributed by atoms with Crippen LogP contribution in [0.1, 0.15) is 36.6 Å². The molecular formula is C20H25FN4O2S. The monoisotopic (exact) mass is 404 g/mol. The number of carbonyl (C=O) groups is 1. The highest BCUT2D eigenvalue weighted by atomic mass is 32.2. The second kappa shape index (κ2) is 9.84. The standard InChI is InChI=1S/C20H25FN4O2S/c1-2-3-9-22-18(26)13-28-20-23-17-8-10-25(12-16(17)19(27)24-20)11-14-4-6-15(21)7-5-14/h4-7H,2-3,8-13H2,1H3,(H,22,26)(H,23,24,27).